The van der Waals surface area contributed by atoms with Gasteiger partial charge in [0.25, 0.3) is 0 Å². The Hall–Kier alpha value is -1.45. The number of ether oxygens (including phenoxy) is 1. The highest BCUT2D eigenvalue weighted by atomic mass is 32.2. The Morgan fingerprint density at radius 2 is 1.83 bits per heavy atom. The number of nitrogens with zero attached hydrogens (tertiary/aromatic N) is 3. The van der Waals surface area contributed by atoms with Gasteiger partial charge in [-0.05, 0) is 36.8 Å². The third kappa shape index (κ3) is 4.09. The van der Waals surface area contributed by atoms with Crippen molar-refractivity contribution in [3.63, 3.8) is 0 Å². The second-order valence-corrected chi connectivity index (χ2v) is 4.90. The van der Waals surface area contributed by atoms with E-state index in [0.717, 1.165) is 15.7 Å². The molecule has 1 aromatic carbocycles. The molecule has 94 valence electrons. The SMILES string of the molecule is COc1ccc(C(N=C(SC)SC)=NC#N)cc1. The van der Waals surface area contributed by atoms with Crippen molar-refractivity contribution >= 4 is 33.7 Å². The van der Waals surface area contributed by atoms with Gasteiger partial charge in [-0.15, -0.1) is 23.5 Å². The van der Waals surface area contributed by atoms with Crippen molar-refractivity contribution in [3.8, 4) is 11.9 Å². The third-order valence-corrected chi connectivity index (χ3v) is 3.93. The normalized spacial score (nSPS) is 10.7. The molecule has 6 heteroatoms. The highest BCUT2D eigenvalue weighted by Gasteiger charge is 2.05. The van der Waals surface area contributed by atoms with Crippen LogP contribution in [0.1, 0.15) is 5.56 Å². The van der Waals surface area contributed by atoms with Crippen molar-refractivity contribution in [2.24, 2.45) is 9.98 Å². The van der Waals surface area contributed by atoms with Crippen molar-refractivity contribution < 1.29 is 4.74 Å². The molecule has 18 heavy (non-hydrogen) atoms. The van der Waals surface area contributed by atoms with Crippen molar-refractivity contribution in [1.29, 1.82) is 5.26 Å². The quantitative estimate of drug-likeness (QED) is 0.474. The number of amidine groups is 1. The largest absolute Gasteiger partial charge is 0.497 e. The van der Waals surface area contributed by atoms with Crippen LogP contribution in [0.4, 0.5) is 0 Å². The molecule has 0 N–H and O–H groups in total. The fourth-order valence-electron chi connectivity index (χ4n) is 1.20. The van der Waals surface area contributed by atoms with Gasteiger partial charge >= 0.3 is 0 Å². The first-order valence-electron chi connectivity index (χ1n) is 5.03. The van der Waals surface area contributed by atoms with E-state index in [0.29, 0.717) is 5.84 Å². The van der Waals surface area contributed by atoms with Gasteiger partial charge in [-0.1, -0.05) is 0 Å². The Bertz CT molecular complexity index is 483. The second-order valence-electron chi connectivity index (χ2n) is 3.05. The Morgan fingerprint density at radius 1 is 1.22 bits per heavy atom. The summed E-state index contributed by atoms with van der Waals surface area (Å²) in [6.07, 6.45) is 5.66. The minimum atomic E-state index is 0.416. The fraction of sp³-hybridized carbons (Fsp3) is 0.250. The molecule has 0 aliphatic carbocycles. The van der Waals surface area contributed by atoms with E-state index in [2.05, 4.69) is 9.98 Å². The van der Waals surface area contributed by atoms with Gasteiger partial charge in [0.1, 0.15) is 10.1 Å². The first-order valence-corrected chi connectivity index (χ1v) is 7.48. The maximum Gasteiger partial charge on any atom is 0.207 e. The van der Waals surface area contributed by atoms with Gasteiger partial charge in [0, 0.05) is 5.56 Å². The van der Waals surface area contributed by atoms with E-state index in [9.17, 15) is 0 Å². The molecule has 0 saturated heterocycles. The number of rotatable bonds is 2. The molecule has 1 aromatic rings. The predicted octanol–water partition coefficient (Wildman–Crippen LogP) is 3.00. The van der Waals surface area contributed by atoms with E-state index >= 15 is 0 Å². The van der Waals surface area contributed by atoms with Crippen LogP contribution in [0, 0.1) is 11.5 Å². The molecule has 0 radical (unpaired) electrons. The van der Waals surface area contributed by atoms with Gasteiger partial charge < -0.3 is 4.74 Å². The lowest BCUT2D eigenvalue weighted by molar-refractivity contribution is 0.415. The molecule has 0 aliphatic heterocycles. The van der Waals surface area contributed by atoms with Gasteiger partial charge in [-0.3, -0.25) is 0 Å². The molecule has 0 aliphatic rings. The Labute approximate surface area is 115 Å². The molecular formula is C12H13N3OS2. The summed E-state index contributed by atoms with van der Waals surface area (Å²) in [6, 6.07) is 7.29. The monoisotopic (exact) mass is 279 g/mol. The molecule has 1 rings (SSSR count). The van der Waals surface area contributed by atoms with Gasteiger partial charge in [-0.2, -0.15) is 10.3 Å². The summed E-state index contributed by atoms with van der Waals surface area (Å²) < 4.78 is 5.94. The smallest absolute Gasteiger partial charge is 0.207 e. The lowest BCUT2D eigenvalue weighted by Gasteiger charge is -2.03. The van der Waals surface area contributed by atoms with Crippen LogP contribution in [-0.2, 0) is 0 Å². The van der Waals surface area contributed by atoms with Crippen LogP contribution in [0.5, 0.6) is 5.75 Å². The fourth-order valence-corrected chi connectivity index (χ4v) is 2.22. The van der Waals surface area contributed by atoms with Crippen molar-refractivity contribution in [2.45, 2.75) is 0 Å². The van der Waals surface area contributed by atoms with Crippen molar-refractivity contribution in [3.05, 3.63) is 29.8 Å². The van der Waals surface area contributed by atoms with Crippen LogP contribution in [0.15, 0.2) is 34.3 Å². The molecule has 0 bridgehead atoms. The van der Waals surface area contributed by atoms with Gasteiger partial charge in [0.05, 0.1) is 7.11 Å². The number of thioether (sulfide) groups is 2. The number of nitriles is 1. The average Bonchev–Trinajstić information content (AvgIpc) is 2.43. The Kier molecular flexibility index (Phi) is 6.33. The molecule has 0 amide bonds. The summed E-state index contributed by atoms with van der Waals surface area (Å²) >= 11 is 3.05. The highest BCUT2D eigenvalue weighted by molar-refractivity contribution is 8.38. The number of benzene rings is 1. The maximum absolute atomic E-state index is 8.71. The first kappa shape index (κ1) is 14.6. The maximum atomic E-state index is 8.71. The van der Waals surface area contributed by atoms with E-state index in [1.807, 2.05) is 36.8 Å². The average molecular weight is 279 g/mol. The lowest BCUT2D eigenvalue weighted by atomic mass is 10.2. The van der Waals surface area contributed by atoms with E-state index in [-0.39, 0.29) is 0 Å². The Morgan fingerprint density at radius 3 is 2.28 bits per heavy atom. The standard InChI is InChI=1S/C12H13N3OS2/c1-16-10-6-4-9(5-7-10)11(14-8-13)15-12(17-2)18-3/h4-7H,1-3H3. The van der Waals surface area contributed by atoms with Gasteiger partial charge in [0.15, 0.2) is 5.84 Å². The van der Waals surface area contributed by atoms with Gasteiger partial charge in [-0.25, -0.2) is 4.99 Å². The van der Waals surface area contributed by atoms with E-state index in [1.54, 1.807) is 13.3 Å². The molecule has 0 unspecified atom stereocenters. The molecule has 0 heterocycles. The molecule has 0 atom stereocenters. The summed E-state index contributed by atoms with van der Waals surface area (Å²) in [5.41, 5.74) is 0.790. The molecule has 0 aromatic heterocycles. The lowest BCUT2D eigenvalue weighted by Crippen LogP contribution is -2.00. The zero-order valence-electron chi connectivity index (χ0n) is 10.4. The topological polar surface area (TPSA) is 57.7 Å². The number of methoxy groups -OCH3 is 1. The third-order valence-electron chi connectivity index (χ3n) is 2.05. The van der Waals surface area contributed by atoms with Crippen LogP contribution >= 0.6 is 23.5 Å². The van der Waals surface area contributed by atoms with Crippen LogP contribution in [0.2, 0.25) is 0 Å². The summed E-state index contributed by atoms with van der Waals surface area (Å²) in [6.45, 7) is 0. The summed E-state index contributed by atoms with van der Waals surface area (Å²) in [5, 5.41) is 8.71. The molecule has 0 spiro atoms. The van der Waals surface area contributed by atoms with Crippen molar-refractivity contribution in [1.82, 2.24) is 0 Å². The molecular weight excluding hydrogens is 266 g/mol. The summed E-state index contributed by atoms with van der Waals surface area (Å²) in [5.74, 6) is 1.17. The van der Waals surface area contributed by atoms with E-state index in [4.69, 9.17) is 10.00 Å². The van der Waals surface area contributed by atoms with Crippen LogP contribution < -0.4 is 4.74 Å². The zero-order chi connectivity index (χ0) is 13.4. The number of hydrogen-bond acceptors (Lipinski definition) is 5. The minimum Gasteiger partial charge on any atom is -0.497 e. The number of hydrogen-bond donors (Lipinski definition) is 0. The van der Waals surface area contributed by atoms with E-state index < -0.39 is 0 Å². The summed E-state index contributed by atoms with van der Waals surface area (Å²) in [7, 11) is 1.61. The molecule has 0 fully saturated rings. The van der Waals surface area contributed by atoms with Crippen LogP contribution in [0.25, 0.3) is 0 Å². The number of aliphatic imine (C=N–C) groups is 2. The van der Waals surface area contributed by atoms with Crippen molar-refractivity contribution in [2.75, 3.05) is 19.6 Å². The second kappa shape index (κ2) is 7.80. The van der Waals surface area contributed by atoms with Gasteiger partial charge in [0.2, 0.25) is 6.19 Å². The van der Waals surface area contributed by atoms with E-state index in [1.165, 1.54) is 23.5 Å². The first-order chi connectivity index (χ1) is 8.74. The molecule has 0 saturated carbocycles. The Balaban J connectivity index is 3.09. The zero-order valence-corrected chi connectivity index (χ0v) is 12.0. The highest BCUT2D eigenvalue weighted by Crippen LogP contribution is 2.16. The van der Waals surface area contributed by atoms with Crippen LogP contribution in [0.3, 0.4) is 0 Å². The minimum absolute atomic E-state index is 0.416. The predicted molar refractivity (Wildman–Crippen MR) is 79.6 cm³/mol. The van der Waals surface area contributed by atoms with Crippen LogP contribution in [-0.4, -0.2) is 29.8 Å². The molecule has 4 nitrogen and oxygen atoms in total. The summed E-state index contributed by atoms with van der Waals surface area (Å²) in [4.78, 5) is 8.11.